The molecular weight excluding hydrogens is 302 g/mol. The normalized spacial score (nSPS) is 26.5. The molecule has 2 bridgehead atoms. The Morgan fingerprint density at radius 2 is 2.21 bits per heavy atom. The van der Waals surface area contributed by atoms with Gasteiger partial charge >= 0.3 is 0 Å². The van der Waals surface area contributed by atoms with E-state index in [1.807, 2.05) is 24.3 Å². The van der Waals surface area contributed by atoms with Crippen LogP contribution in [0, 0.1) is 17.8 Å². The SMILES string of the molecule is C[C@@H](NC(=O)COc1nncc2ccccc12)[C@H]1C[C@@H]2CC[C@@H]1C2. The van der Waals surface area contributed by atoms with Crippen LogP contribution in [-0.2, 0) is 4.79 Å². The molecule has 1 aromatic carbocycles. The third kappa shape index (κ3) is 2.95. The van der Waals surface area contributed by atoms with Crippen molar-refractivity contribution in [2.75, 3.05) is 6.61 Å². The number of carbonyl (C=O) groups excluding carboxylic acids is 1. The maximum atomic E-state index is 12.2. The van der Waals surface area contributed by atoms with E-state index in [-0.39, 0.29) is 18.6 Å². The lowest BCUT2D eigenvalue weighted by molar-refractivity contribution is -0.124. The number of benzene rings is 1. The molecule has 4 atom stereocenters. The van der Waals surface area contributed by atoms with Gasteiger partial charge in [-0.1, -0.05) is 24.6 Å². The first-order valence-electron chi connectivity index (χ1n) is 8.83. The number of nitrogens with zero attached hydrogens (tertiary/aromatic N) is 2. The number of nitrogens with one attached hydrogen (secondary N) is 1. The molecule has 0 aliphatic heterocycles. The largest absolute Gasteiger partial charge is 0.466 e. The molecule has 4 rings (SSSR count). The fourth-order valence-electron chi connectivity index (χ4n) is 4.55. The monoisotopic (exact) mass is 325 g/mol. The number of rotatable bonds is 5. The Bertz CT molecular complexity index is 743. The van der Waals surface area contributed by atoms with E-state index in [9.17, 15) is 4.79 Å². The van der Waals surface area contributed by atoms with E-state index in [0.717, 1.165) is 22.6 Å². The van der Waals surface area contributed by atoms with Crippen molar-refractivity contribution >= 4 is 16.7 Å². The van der Waals surface area contributed by atoms with Gasteiger partial charge in [0.15, 0.2) is 6.61 Å². The Balaban J connectivity index is 1.34. The molecule has 0 unspecified atom stereocenters. The fraction of sp³-hybridized carbons (Fsp3) is 0.526. The van der Waals surface area contributed by atoms with E-state index in [1.165, 1.54) is 25.7 Å². The Morgan fingerprint density at radius 1 is 1.33 bits per heavy atom. The van der Waals surface area contributed by atoms with Gasteiger partial charge in [-0.15, -0.1) is 5.10 Å². The minimum Gasteiger partial charge on any atom is -0.466 e. The number of aromatic nitrogens is 2. The molecule has 126 valence electrons. The van der Waals surface area contributed by atoms with Crippen LogP contribution in [0.1, 0.15) is 32.6 Å². The summed E-state index contributed by atoms with van der Waals surface area (Å²) in [4.78, 5) is 12.2. The molecule has 2 aliphatic rings. The van der Waals surface area contributed by atoms with E-state index in [4.69, 9.17) is 4.74 Å². The van der Waals surface area contributed by atoms with Crippen molar-refractivity contribution in [3.8, 4) is 5.88 Å². The summed E-state index contributed by atoms with van der Waals surface area (Å²) in [6.07, 6.45) is 7.02. The average molecular weight is 325 g/mol. The van der Waals surface area contributed by atoms with Crippen molar-refractivity contribution in [1.29, 1.82) is 0 Å². The maximum absolute atomic E-state index is 12.2. The molecule has 2 fully saturated rings. The number of amides is 1. The first-order chi connectivity index (χ1) is 11.7. The van der Waals surface area contributed by atoms with Crippen molar-refractivity contribution in [3.05, 3.63) is 30.5 Å². The second kappa shape index (κ2) is 6.38. The highest BCUT2D eigenvalue weighted by Gasteiger charge is 2.42. The number of hydrogen-bond donors (Lipinski definition) is 1. The lowest BCUT2D eigenvalue weighted by Crippen LogP contribution is -2.42. The van der Waals surface area contributed by atoms with Crippen LogP contribution in [0.15, 0.2) is 30.5 Å². The second-order valence-electron chi connectivity index (χ2n) is 7.22. The van der Waals surface area contributed by atoms with E-state index < -0.39 is 0 Å². The molecule has 24 heavy (non-hydrogen) atoms. The van der Waals surface area contributed by atoms with E-state index >= 15 is 0 Å². The van der Waals surface area contributed by atoms with Gasteiger partial charge in [-0.05, 0) is 50.0 Å². The summed E-state index contributed by atoms with van der Waals surface area (Å²) in [7, 11) is 0. The zero-order valence-electron chi connectivity index (χ0n) is 13.9. The molecule has 5 heteroatoms. The molecule has 2 saturated carbocycles. The molecule has 1 heterocycles. The minimum absolute atomic E-state index is 0.0200. The van der Waals surface area contributed by atoms with Crippen LogP contribution in [0.2, 0.25) is 0 Å². The molecular formula is C19H23N3O2. The lowest BCUT2D eigenvalue weighted by Gasteiger charge is -2.28. The van der Waals surface area contributed by atoms with Gasteiger partial charge in [0.2, 0.25) is 5.88 Å². The molecule has 2 aromatic rings. The Hall–Kier alpha value is -2.17. The van der Waals surface area contributed by atoms with Gasteiger partial charge in [0.1, 0.15) is 0 Å². The summed E-state index contributed by atoms with van der Waals surface area (Å²) in [5, 5.41) is 12.9. The van der Waals surface area contributed by atoms with Crippen LogP contribution in [0.25, 0.3) is 10.8 Å². The van der Waals surface area contributed by atoms with Crippen molar-refractivity contribution in [1.82, 2.24) is 15.5 Å². The van der Waals surface area contributed by atoms with Gasteiger partial charge in [-0.2, -0.15) is 5.10 Å². The number of hydrogen-bond acceptors (Lipinski definition) is 4. The predicted molar refractivity (Wildman–Crippen MR) is 91.6 cm³/mol. The van der Waals surface area contributed by atoms with Crippen LogP contribution < -0.4 is 10.1 Å². The third-order valence-electron chi connectivity index (χ3n) is 5.70. The first-order valence-corrected chi connectivity index (χ1v) is 8.83. The van der Waals surface area contributed by atoms with Gasteiger partial charge in [-0.25, -0.2) is 0 Å². The summed E-state index contributed by atoms with van der Waals surface area (Å²) >= 11 is 0. The highest BCUT2D eigenvalue weighted by atomic mass is 16.5. The maximum Gasteiger partial charge on any atom is 0.258 e. The molecule has 0 saturated heterocycles. The van der Waals surface area contributed by atoms with E-state index in [2.05, 4.69) is 22.4 Å². The second-order valence-corrected chi connectivity index (χ2v) is 7.22. The van der Waals surface area contributed by atoms with Gasteiger partial charge in [0, 0.05) is 16.8 Å². The molecule has 0 radical (unpaired) electrons. The zero-order chi connectivity index (χ0) is 16.5. The zero-order valence-corrected chi connectivity index (χ0v) is 13.9. The molecule has 2 aliphatic carbocycles. The number of ether oxygens (including phenoxy) is 1. The lowest BCUT2D eigenvalue weighted by atomic mass is 9.84. The van der Waals surface area contributed by atoms with E-state index in [0.29, 0.717) is 11.8 Å². The molecule has 0 spiro atoms. The van der Waals surface area contributed by atoms with Gasteiger partial charge in [-0.3, -0.25) is 4.79 Å². The third-order valence-corrected chi connectivity index (χ3v) is 5.70. The highest BCUT2D eigenvalue weighted by molar-refractivity contribution is 5.86. The Kier molecular flexibility index (Phi) is 4.08. The number of carbonyl (C=O) groups is 1. The average Bonchev–Trinajstić information content (AvgIpc) is 3.23. The number of fused-ring (bicyclic) bond motifs is 3. The highest BCUT2D eigenvalue weighted by Crippen LogP contribution is 2.49. The summed E-state index contributed by atoms with van der Waals surface area (Å²) in [5.41, 5.74) is 0. The minimum atomic E-state index is -0.0833. The molecule has 5 nitrogen and oxygen atoms in total. The summed E-state index contributed by atoms with van der Waals surface area (Å²) in [5.74, 6) is 2.65. The first kappa shape index (κ1) is 15.4. The van der Waals surface area contributed by atoms with Crippen molar-refractivity contribution < 1.29 is 9.53 Å². The Morgan fingerprint density at radius 3 is 3.00 bits per heavy atom. The van der Waals surface area contributed by atoms with Gasteiger partial charge in [0.25, 0.3) is 5.91 Å². The molecule has 1 amide bonds. The molecule has 1 aromatic heterocycles. The van der Waals surface area contributed by atoms with Crippen molar-refractivity contribution in [3.63, 3.8) is 0 Å². The molecule has 1 N–H and O–H groups in total. The van der Waals surface area contributed by atoms with Gasteiger partial charge < -0.3 is 10.1 Å². The van der Waals surface area contributed by atoms with Crippen LogP contribution in [0.4, 0.5) is 0 Å². The fourth-order valence-corrected chi connectivity index (χ4v) is 4.55. The summed E-state index contributed by atoms with van der Waals surface area (Å²) in [6, 6.07) is 7.96. The quantitative estimate of drug-likeness (QED) is 0.918. The van der Waals surface area contributed by atoms with Crippen LogP contribution in [0.3, 0.4) is 0 Å². The predicted octanol–water partition coefficient (Wildman–Crippen LogP) is 2.95. The summed E-state index contributed by atoms with van der Waals surface area (Å²) < 4.78 is 5.62. The Labute approximate surface area is 141 Å². The van der Waals surface area contributed by atoms with Crippen LogP contribution >= 0.6 is 0 Å². The standard InChI is InChI=1S/C19H23N3O2/c1-12(17-9-13-6-7-14(17)8-13)21-18(23)11-24-19-16-5-3-2-4-15(16)10-20-22-19/h2-5,10,12-14,17H,6-9,11H2,1H3,(H,21,23)/t12-,13-,14-,17-/m1/s1. The smallest absolute Gasteiger partial charge is 0.258 e. The van der Waals surface area contributed by atoms with E-state index in [1.54, 1.807) is 6.20 Å². The van der Waals surface area contributed by atoms with Crippen LogP contribution in [0.5, 0.6) is 5.88 Å². The van der Waals surface area contributed by atoms with Gasteiger partial charge in [0.05, 0.1) is 6.20 Å². The van der Waals surface area contributed by atoms with Crippen LogP contribution in [-0.4, -0.2) is 28.8 Å². The van der Waals surface area contributed by atoms with Crippen molar-refractivity contribution in [2.24, 2.45) is 17.8 Å². The summed E-state index contributed by atoms with van der Waals surface area (Å²) in [6.45, 7) is 2.11. The topological polar surface area (TPSA) is 64.1 Å². The van der Waals surface area contributed by atoms with Crippen molar-refractivity contribution in [2.45, 2.75) is 38.6 Å².